The van der Waals surface area contributed by atoms with Crippen LogP contribution >= 0.6 is 11.6 Å². The summed E-state index contributed by atoms with van der Waals surface area (Å²) in [5.74, 6) is 2.58. The van der Waals surface area contributed by atoms with Crippen molar-refractivity contribution >= 4 is 17.3 Å². The van der Waals surface area contributed by atoms with Crippen molar-refractivity contribution < 1.29 is 4.74 Å². The average Bonchev–Trinajstić information content (AvgIpc) is 3.36. The number of methoxy groups -OCH3 is 1. The van der Waals surface area contributed by atoms with Gasteiger partial charge in [-0.1, -0.05) is 23.7 Å². The zero-order valence-corrected chi connectivity index (χ0v) is 15.3. The van der Waals surface area contributed by atoms with Crippen LogP contribution in [0.2, 0.25) is 5.02 Å². The van der Waals surface area contributed by atoms with E-state index in [4.69, 9.17) is 21.3 Å². The van der Waals surface area contributed by atoms with E-state index in [-0.39, 0.29) is 5.54 Å². The van der Waals surface area contributed by atoms with Gasteiger partial charge >= 0.3 is 0 Å². The third kappa shape index (κ3) is 2.20. The van der Waals surface area contributed by atoms with Crippen molar-refractivity contribution in [2.45, 2.75) is 25.3 Å². The summed E-state index contributed by atoms with van der Waals surface area (Å²) in [7, 11) is 1.68. The fourth-order valence-corrected chi connectivity index (χ4v) is 3.71. The lowest BCUT2D eigenvalue weighted by Crippen LogP contribution is -2.11. The Hall–Kier alpha value is -2.66. The molecule has 0 unspecified atom stereocenters. The molecule has 2 aromatic carbocycles. The molecule has 0 saturated heterocycles. The van der Waals surface area contributed by atoms with Gasteiger partial charge in [0, 0.05) is 16.1 Å². The molecule has 0 N–H and O–H groups in total. The Morgan fingerprint density at radius 3 is 2.54 bits per heavy atom. The van der Waals surface area contributed by atoms with Gasteiger partial charge in [0.05, 0.1) is 18.5 Å². The lowest BCUT2D eigenvalue weighted by Gasteiger charge is -2.14. The molecule has 3 aromatic rings. The first-order valence-electron chi connectivity index (χ1n) is 8.58. The van der Waals surface area contributed by atoms with Crippen LogP contribution in [-0.2, 0) is 5.54 Å². The predicted octanol–water partition coefficient (Wildman–Crippen LogP) is 4.08. The van der Waals surface area contributed by atoms with Gasteiger partial charge in [-0.05, 0) is 50.1 Å². The number of aliphatic imine (C=N–C) groups is 1. The van der Waals surface area contributed by atoms with Gasteiger partial charge in [-0.2, -0.15) is 0 Å². The average molecular weight is 365 g/mol. The molecule has 6 heteroatoms. The van der Waals surface area contributed by atoms with Crippen LogP contribution in [0.5, 0.6) is 5.75 Å². The summed E-state index contributed by atoms with van der Waals surface area (Å²) in [6.07, 6.45) is 1.96. The van der Waals surface area contributed by atoms with Gasteiger partial charge in [0.2, 0.25) is 0 Å². The number of rotatable bonds is 2. The Balaban J connectivity index is 1.83. The van der Waals surface area contributed by atoms with E-state index in [9.17, 15) is 0 Å². The maximum absolute atomic E-state index is 6.09. The molecule has 0 atom stereocenters. The Labute approximate surface area is 156 Å². The van der Waals surface area contributed by atoms with E-state index >= 15 is 0 Å². The minimum Gasteiger partial charge on any atom is -0.497 e. The van der Waals surface area contributed by atoms with Crippen LogP contribution in [0.25, 0.3) is 5.69 Å². The monoisotopic (exact) mass is 364 g/mol. The first kappa shape index (κ1) is 15.6. The first-order valence-corrected chi connectivity index (χ1v) is 8.96. The summed E-state index contributed by atoms with van der Waals surface area (Å²) in [6, 6.07) is 13.9. The smallest absolute Gasteiger partial charge is 0.165 e. The van der Waals surface area contributed by atoms with Gasteiger partial charge in [-0.15, -0.1) is 10.2 Å². The number of aryl methyl sites for hydroxylation is 1. The number of fused-ring (bicyclic) bond motifs is 4. The molecule has 26 heavy (non-hydrogen) atoms. The molecule has 1 spiro atoms. The fourth-order valence-electron chi connectivity index (χ4n) is 3.58. The van der Waals surface area contributed by atoms with E-state index in [1.807, 2.05) is 43.3 Å². The second kappa shape index (κ2) is 5.42. The molecule has 2 heterocycles. The van der Waals surface area contributed by atoms with Crippen LogP contribution in [0.1, 0.15) is 35.6 Å². The Bertz CT molecular complexity index is 1050. The summed E-state index contributed by atoms with van der Waals surface area (Å²) < 4.78 is 7.61. The van der Waals surface area contributed by atoms with E-state index in [1.165, 1.54) is 0 Å². The molecule has 5 nitrogen and oxygen atoms in total. The van der Waals surface area contributed by atoms with Crippen molar-refractivity contribution in [2.75, 3.05) is 7.11 Å². The quantitative estimate of drug-likeness (QED) is 0.688. The highest BCUT2D eigenvalue weighted by Crippen LogP contribution is 2.51. The second-order valence-electron chi connectivity index (χ2n) is 6.79. The number of ether oxygens (including phenoxy) is 1. The molecule has 2 aliphatic rings. The number of aromatic nitrogens is 3. The van der Waals surface area contributed by atoms with Gasteiger partial charge in [-0.25, -0.2) is 0 Å². The Morgan fingerprint density at radius 2 is 1.85 bits per heavy atom. The predicted molar refractivity (Wildman–Crippen MR) is 101 cm³/mol. The summed E-state index contributed by atoms with van der Waals surface area (Å²) >= 11 is 6.09. The standard InChI is InChI=1S/C20H17ClN4O/c1-12-23-24-19-20(9-10-20)22-18(13-3-5-14(21)6-4-13)16-11-15(26-2)7-8-17(16)25(12)19/h3-8,11H,9-10H2,1-2H3. The first-order chi connectivity index (χ1) is 12.6. The van der Waals surface area contributed by atoms with Crippen molar-refractivity contribution in [1.29, 1.82) is 0 Å². The van der Waals surface area contributed by atoms with Gasteiger partial charge in [0.1, 0.15) is 17.1 Å². The van der Waals surface area contributed by atoms with E-state index in [0.717, 1.165) is 52.8 Å². The van der Waals surface area contributed by atoms with Crippen LogP contribution in [-0.4, -0.2) is 27.6 Å². The van der Waals surface area contributed by atoms with E-state index < -0.39 is 0 Å². The number of nitrogens with zero attached hydrogens (tertiary/aromatic N) is 4. The van der Waals surface area contributed by atoms with Crippen LogP contribution in [0.3, 0.4) is 0 Å². The molecule has 1 aromatic heterocycles. The second-order valence-corrected chi connectivity index (χ2v) is 7.22. The highest BCUT2D eigenvalue weighted by molar-refractivity contribution is 6.30. The summed E-state index contributed by atoms with van der Waals surface area (Å²) in [4.78, 5) is 5.19. The van der Waals surface area contributed by atoms with Crippen molar-refractivity contribution in [3.8, 4) is 11.4 Å². The fraction of sp³-hybridized carbons (Fsp3) is 0.250. The zero-order chi connectivity index (χ0) is 17.9. The molecule has 0 bridgehead atoms. The molecule has 0 radical (unpaired) electrons. The third-order valence-corrected chi connectivity index (χ3v) is 5.36. The Kier molecular flexibility index (Phi) is 3.25. The zero-order valence-electron chi connectivity index (χ0n) is 14.5. The lowest BCUT2D eigenvalue weighted by atomic mass is 10.00. The van der Waals surface area contributed by atoms with Gasteiger partial charge < -0.3 is 4.74 Å². The SMILES string of the molecule is COc1ccc2c(c1)C(c1ccc(Cl)cc1)=NC1(CC1)c1nnc(C)n1-2. The minimum atomic E-state index is -0.289. The number of hydrogen-bond donors (Lipinski definition) is 0. The van der Waals surface area contributed by atoms with Crippen LogP contribution in [0.4, 0.5) is 0 Å². The molecule has 1 aliphatic heterocycles. The molecule has 1 saturated carbocycles. The molecule has 130 valence electrons. The molecule has 5 rings (SSSR count). The normalized spacial score (nSPS) is 16.5. The van der Waals surface area contributed by atoms with Crippen molar-refractivity contribution in [1.82, 2.24) is 14.8 Å². The van der Waals surface area contributed by atoms with Crippen molar-refractivity contribution in [2.24, 2.45) is 4.99 Å². The maximum atomic E-state index is 6.09. The van der Waals surface area contributed by atoms with Gasteiger partial charge in [-0.3, -0.25) is 9.56 Å². The molecular formula is C20H17ClN4O. The summed E-state index contributed by atoms with van der Waals surface area (Å²) in [5.41, 5.74) is 3.73. The summed E-state index contributed by atoms with van der Waals surface area (Å²) in [5, 5.41) is 9.50. The molecular weight excluding hydrogens is 348 g/mol. The lowest BCUT2D eigenvalue weighted by molar-refractivity contribution is 0.414. The van der Waals surface area contributed by atoms with Crippen LogP contribution in [0.15, 0.2) is 47.5 Å². The van der Waals surface area contributed by atoms with Crippen LogP contribution < -0.4 is 4.74 Å². The van der Waals surface area contributed by atoms with E-state index in [2.05, 4.69) is 20.8 Å². The van der Waals surface area contributed by atoms with Crippen LogP contribution in [0, 0.1) is 6.92 Å². The highest BCUT2D eigenvalue weighted by Gasteiger charge is 2.51. The number of benzene rings is 2. The van der Waals surface area contributed by atoms with E-state index in [1.54, 1.807) is 7.11 Å². The van der Waals surface area contributed by atoms with Crippen molar-refractivity contribution in [3.63, 3.8) is 0 Å². The third-order valence-electron chi connectivity index (χ3n) is 5.11. The maximum Gasteiger partial charge on any atom is 0.165 e. The molecule has 0 amide bonds. The number of halogens is 1. The van der Waals surface area contributed by atoms with E-state index in [0.29, 0.717) is 5.02 Å². The minimum absolute atomic E-state index is 0.289. The van der Waals surface area contributed by atoms with Crippen molar-refractivity contribution in [3.05, 3.63) is 70.3 Å². The topological polar surface area (TPSA) is 52.3 Å². The number of hydrogen-bond acceptors (Lipinski definition) is 4. The van der Waals surface area contributed by atoms with Gasteiger partial charge in [0.25, 0.3) is 0 Å². The van der Waals surface area contributed by atoms with Gasteiger partial charge in [0.15, 0.2) is 5.82 Å². The Morgan fingerprint density at radius 1 is 1.08 bits per heavy atom. The highest BCUT2D eigenvalue weighted by atomic mass is 35.5. The summed E-state index contributed by atoms with van der Waals surface area (Å²) in [6.45, 7) is 1.98. The molecule has 1 aliphatic carbocycles. The largest absolute Gasteiger partial charge is 0.497 e. The molecule has 1 fully saturated rings.